The highest BCUT2D eigenvalue weighted by atomic mass is 16.2. The van der Waals surface area contributed by atoms with Gasteiger partial charge in [-0.3, -0.25) is 4.79 Å². The van der Waals surface area contributed by atoms with Crippen molar-refractivity contribution >= 4 is 16.8 Å². The van der Waals surface area contributed by atoms with Gasteiger partial charge in [0.1, 0.15) is 0 Å². The van der Waals surface area contributed by atoms with Crippen molar-refractivity contribution < 1.29 is 4.79 Å². The molecule has 98 valence electrons. The Kier molecular flexibility index (Phi) is 2.12. The average Bonchev–Trinajstić information content (AvgIpc) is 2.86. The van der Waals surface area contributed by atoms with E-state index in [1.807, 2.05) is 0 Å². The van der Waals surface area contributed by atoms with Gasteiger partial charge in [0, 0.05) is 29.6 Å². The minimum Gasteiger partial charge on any atom is -0.356 e. The van der Waals surface area contributed by atoms with Crippen molar-refractivity contribution in [2.75, 3.05) is 6.54 Å². The summed E-state index contributed by atoms with van der Waals surface area (Å²) in [5.41, 5.74) is 5.21. The Balaban J connectivity index is 1.94. The molecule has 4 rings (SSSR count). The fourth-order valence-corrected chi connectivity index (χ4v) is 3.82. The number of H-pyrrole nitrogens is 1. The number of carbonyl (C=O) groups excluding carboxylic acids is 1. The summed E-state index contributed by atoms with van der Waals surface area (Å²) in [7, 11) is 0. The normalized spacial score (nSPS) is 25.8. The number of hydrogen-bond acceptors (Lipinski definition) is 1. The second-order valence-electron chi connectivity index (χ2n) is 6.03. The van der Waals surface area contributed by atoms with Crippen LogP contribution in [0.1, 0.15) is 36.2 Å². The minimum absolute atomic E-state index is 0.268. The van der Waals surface area contributed by atoms with E-state index in [1.165, 1.54) is 27.7 Å². The molecule has 0 aliphatic carbocycles. The summed E-state index contributed by atoms with van der Waals surface area (Å²) < 4.78 is 0. The molecule has 0 saturated carbocycles. The molecule has 2 aliphatic rings. The Hall–Kier alpha value is -1.77. The molecule has 0 radical (unpaired) electrons. The van der Waals surface area contributed by atoms with Gasteiger partial charge in [0.25, 0.3) is 0 Å². The Morgan fingerprint density at radius 2 is 2.21 bits per heavy atom. The standard InChI is InChI=1S/C16H18N2O/c1-9-3-4-11-12-5-6-18-14(19)8-10(2)16(18)15(12)17-13(11)7-9/h3-4,7,10,16-17H,5-6,8H2,1-2H3/t10-,16-/m1/s1. The Labute approximate surface area is 112 Å². The summed E-state index contributed by atoms with van der Waals surface area (Å²) >= 11 is 0. The SMILES string of the molecule is Cc1ccc2c3c([nH]c2c1)[C@H]1[C@H](C)CC(=O)N1CC3. The molecule has 1 aromatic carbocycles. The summed E-state index contributed by atoms with van der Waals surface area (Å²) in [5.74, 6) is 0.735. The van der Waals surface area contributed by atoms with Gasteiger partial charge in [-0.15, -0.1) is 0 Å². The van der Waals surface area contributed by atoms with Crippen LogP contribution in [0.25, 0.3) is 10.9 Å². The summed E-state index contributed by atoms with van der Waals surface area (Å²) in [5, 5.41) is 1.34. The first kappa shape index (κ1) is 11.1. The number of rotatable bonds is 0. The fourth-order valence-electron chi connectivity index (χ4n) is 3.82. The monoisotopic (exact) mass is 254 g/mol. The van der Waals surface area contributed by atoms with Crippen molar-refractivity contribution in [1.29, 1.82) is 0 Å². The van der Waals surface area contributed by atoms with Crippen molar-refractivity contribution in [2.45, 2.75) is 32.7 Å². The number of carbonyl (C=O) groups is 1. The van der Waals surface area contributed by atoms with E-state index >= 15 is 0 Å². The van der Waals surface area contributed by atoms with Crippen LogP contribution in [0.4, 0.5) is 0 Å². The highest BCUT2D eigenvalue weighted by molar-refractivity contribution is 5.87. The van der Waals surface area contributed by atoms with Crippen molar-refractivity contribution in [2.24, 2.45) is 5.92 Å². The molecule has 19 heavy (non-hydrogen) atoms. The highest BCUT2D eigenvalue weighted by Gasteiger charge is 2.42. The van der Waals surface area contributed by atoms with Crippen LogP contribution in [-0.2, 0) is 11.2 Å². The Morgan fingerprint density at radius 1 is 1.37 bits per heavy atom. The lowest BCUT2D eigenvalue weighted by molar-refractivity contribution is -0.129. The van der Waals surface area contributed by atoms with Crippen LogP contribution in [0.5, 0.6) is 0 Å². The molecule has 0 bridgehead atoms. The van der Waals surface area contributed by atoms with Gasteiger partial charge in [0.15, 0.2) is 0 Å². The van der Waals surface area contributed by atoms with Gasteiger partial charge in [-0.1, -0.05) is 19.1 Å². The van der Waals surface area contributed by atoms with Crippen LogP contribution in [-0.4, -0.2) is 22.3 Å². The smallest absolute Gasteiger partial charge is 0.223 e. The van der Waals surface area contributed by atoms with Gasteiger partial charge < -0.3 is 9.88 Å². The molecule has 3 heteroatoms. The molecule has 3 nitrogen and oxygen atoms in total. The molecule has 2 aromatic rings. The number of aromatic amines is 1. The molecule has 2 aliphatic heterocycles. The number of hydrogen-bond donors (Lipinski definition) is 1. The average molecular weight is 254 g/mol. The maximum absolute atomic E-state index is 12.0. The summed E-state index contributed by atoms with van der Waals surface area (Å²) in [6, 6.07) is 6.87. The third-order valence-corrected chi connectivity index (χ3v) is 4.68. The van der Waals surface area contributed by atoms with E-state index in [-0.39, 0.29) is 6.04 Å². The van der Waals surface area contributed by atoms with Gasteiger partial charge >= 0.3 is 0 Å². The summed E-state index contributed by atoms with van der Waals surface area (Å²) in [4.78, 5) is 17.7. The number of nitrogens with one attached hydrogen (secondary N) is 1. The zero-order chi connectivity index (χ0) is 13.1. The molecule has 3 heterocycles. The van der Waals surface area contributed by atoms with Crippen molar-refractivity contribution in [3.8, 4) is 0 Å². The first-order valence-electron chi connectivity index (χ1n) is 7.05. The molecule has 1 fully saturated rings. The third kappa shape index (κ3) is 1.41. The van der Waals surface area contributed by atoms with E-state index in [1.54, 1.807) is 0 Å². The van der Waals surface area contributed by atoms with E-state index in [0.717, 1.165) is 13.0 Å². The largest absolute Gasteiger partial charge is 0.356 e. The van der Waals surface area contributed by atoms with Gasteiger partial charge in [-0.25, -0.2) is 0 Å². The molecule has 1 N–H and O–H groups in total. The van der Waals surface area contributed by atoms with Gasteiger partial charge in [-0.05, 0) is 36.5 Å². The van der Waals surface area contributed by atoms with Crippen molar-refractivity contribution in [3.63, 3.8) is 0 Å². The number of fused-ring (bicyclic) bond motifs is 5. The number of aromatic nitrogens is 1. The molecule has 2 atom stereocenters. The first-order chi connectivity index (χ1) is 9.15. The van der Waals surface area contributed by atoms with Crippen LogP contribution in [0, 0.1) is 12.8 Å². The van der Waals surface area contributed by atoms with Crippen molar-refractivity contribution in [3.05, 3.63) is 35.0 Å². The third-order valence-electron chi connectivity index (χ3n) is 4.68. The lowest BCUT2D eigenvalue weighted by Crippen LogP contribution is -2.35. The highest BCUT2D eigenvalue weighted by Crippen LogP contribution is 2.43. The molecular formula is C16H18N2O. The van der Waals surface area contributed by atoms with Gasteiger partial charge in [0.05, 0.1) is 6.04 Å². The van der Waals surface area contributed by atoms with E-state index in [4.69, 9.17) is 0 Å². The maximum Gasteiger partial charge on any atom is 0.223 e. The van der Waals surface area contributed by atoms with E-state index in [2.05, 4.69) is 41.9 Å². The zero-order valence-corrected chi connectivity index (χ0v) is 11.4. The van der Waals surface area contributed by atoms with E-state index < -0.39 is 0 Å². The number of benzene rings is 1. The lowest BCUT2D eigenvalue weighted by atomic mass is 9.92. The summed E-state index contributed by atoms with van der Waals surface area (Å²) in [6.07, 6.45) is 1.67. The second-order valence-corrected chi connectivity index (χ2v) is 6.03. The quantitative estimate of drug-likeness (QED) is 0.771. The van der Waals surface area contributed by atoms with E-state index in [9.17, 15) is 4.79 Å². The molecule has 1 saturated heterocycles. The molecule has 1 amide bonds. The predicted octanol–water partition coefficient (Wildman–Crippen LogP) is 2.94. The minimum atomic E-state index is 0.268. The Morgan fingerprint density at radius 3 is 3.05 bits per heavy atom. The first-order valence-corrected chi connectivity index (χ1v) is 7.05. The molecular weight excluding hydrogens is 236 g/mol. The zero-order valence-electron chi connectivity index (χ0n) is 11.4. The van der Waals surface area contributed by atoms with Gasteiger partial charge in [0.2, 0.25) is 5.91 Å². The van der Waals surface area contributed by atoms with Crippen LogP contribution >= 0.6 is 0 Å². The topological polar surface area (TPSA) is 36.1 Å². The maximum atomic E-state index is 12.0. The van der Waals surface area contributed by atoms with Gasteiger partial charge in [-0.2, -0.15) is 0 Å². The van der Waals surface area contributed by atoms with Crippen LogP contribution in [0.2, 0.25) is 0 Å². The van der Waals surface area contributed by atoms with Crippen LogP contribution in [0.15, 0.2) is 18.2 Å². The van der Waals surface area contributed by atoms with Crippen molar-refractivity contribution in [1.82, 2.24) is 9.88 Å². The number of nitrogens with zero attached hydrogens (tertiary/aromatic N) is 1. The summed E-state index contributed by atoms with van der Waals surface area (Å²) in [6.45, 7) is 5.18. The van der Waals surface area contributed by atoms with Crippen LogP contribution in [0.3, 0.4) is 0 Å². The molecule has 0 spiro atoms. The fraction of sp³-hybridized carbons (Fsp3) is 0.438. The van der Waals surface area contributed by atoms with Crippen LogP contribution < -0.4 is 0 Å². The van der Waals surface area contributed by atoms with E-state index in [0.29, 0.717) is 18.2 Å². The second kappa shape index (κ2) is 3.62. The predicted molar refractivity (Wildman–Crippen MR) is 75.0 cm³/mol. The molecule has 0 unspecified atom stereocenters. The number of aryl methyl sites for hydroxylation is 1. The number of amides is 1. The molecule has 1 aromatic heterocycles. The lowest BCUT2D eigenvalue weighted by Gasteiger charge is -2.31. The Bertz CT molecular complexity index is 685.